The number of amides is 1. The molecular weight excluding hydrogens is 354 g/mol. The highest BCUT2D eigenvalue weighted by Gasteiger charge is 2.13. The van der Waals surface area contributed by atoms with Gasteiger partial charge in [0, 0.05) is 18.1 Å². The summed E-state index contributed by atoms with van der Waals surface area (Å²) in [5.74, 6) is 0.609. The largest absolute Gasteiger partial charge is 0.455 e. The Morgan fingerprint density at radius 3 is 2.69 bits per heavy atom. The number of halogens is 1. The normalized spacial score (nSPS) is 10.4. The highest BCUT2D eigenvalue weighted by atomic mass is 35.5. The van der Waals surface area contributed by atoms with Crippen molar-refractivity contribution in [2.24, 2.45) is 7.05 Å². The van der Waals surface area contributed by atoms with Gasteiger partial charge < -0.3 is 10.1 Å². The van der Waals surface area contributed by atoms with Crippen molar-refractivity contribution in [1.29, 1.82) is 0 Å². The molecule has 0 fully saturated rings. The van der Waals surface area contributed by atoms with Gasteiger partial charge in [-0.3, -0.25) is 9.59 Å². The lowest BCUT2D eigenvalue weighted by molar-refractivity contribution is 0.101. The van der Waals surface area contributed by atoms with Crippen molar-refractivity contribution in [2.75, 3.05) is 5.32 Å². The van der Waals surface area contributed by atoms with E-state index in [-0.39, 0.29) is 11.3 Å². The molecule has 0 aliphatic rings. The fourth-order valence-corrected chi connectivity index (χ4v) is 2.48. The van der Waals surface area contributed by atoms with Crippen LogP contribution in [0.15, 0.2) is 59.4 Å². The first-order valence-electron chi connectivity index (χ1n) is 7.82. The van der Waals surface area contributed by atoms with Gasteiger partial charge in [0.25, 0.3) is 11.5 Å². The van der Waals surface area contributed by atoms with E-state index in [0.717, 1.165) is 10.2 Å². The third-order valence-electron chi connectivity index (χ3n) is 3.60. The molecule has 1 aromatic heterocycles. The molecule has 6 nitrogen and oxygen atoms in total. The molecule has 26 heavy (non-hydrogen) atoms. The van der Waals surface area contributed by atoms with Crippen LogP contribution in [0, 0.1) is 6.92 Å². The average Bonchev–Trinajstić information content (AvgIpc) is 2.59. The van der Waals surface area contributed by atoms with Crippen LogP contribution in [0.1, 0.15) is 16.1 Å². The molecule has 0 atom stereocenters. The first-order chi connectivity index (χ1) is 12.4. The summed E-state index contributed by atoms with van der Waals surface area (Å²) < 4.78 is 6.97. The minimum absolute atomic E-state index is 0.105. The molecule has 132 valence electrons. The summed E-state index contributed by atoms with van der Waals surface area (Å²) in [4.78, 5) is 23.9. The first-order valence-corrected chi connectivity index (χ1v) is 8.20. The van der Waals surface area contributed by atoms with Crippen LogP contribution in [0.3, 0.4) is 0 Å². The van der Waals surface area contributed by atoms with E-state index in [0.29, 0.717) is 22.2 Å². The van der Waals surface area contributed by atoms with Crippen LogP contribution in [0.4, 0.5) is 5.69 Å². The zero-order valence-corrected chi connectivity index (χ0v) is 14.9. The lowest BCUT2D eigenvalue weighted by atomic mass is 10.2. The number of ether oxygens (including phenoxy) is 1. The van der Waals surface area contributed by atoms with Gasteiger partial charge in [-0.25, -0.2) is 4.68 Å². The SMILES string of the molecule is Cc1cccc(Oc2ccc(Cl)cc2NC(=O)c2ccc(=O)n(C)n2)c1. The lowest BCUT2D eigenvalue weighted by Crippen LogP contribution is -2.23. The summed E-state index contributed by atoms with van der Waals surface area (Å²) in [5, 5.41) is 7.11. The van der Waals surface area contributed by atoms with E-state index in [1.165, 1.54) is 19.2 Å². The number of carbonyl (C=O) groups is 1. The summed E-state index contributed by atoms with van der Waals surface area (Å²) >= 11 is 6.05. The molecule has 0 unspecified atom stereocenters. The Morgan fingerprint density at radius 2 is 1.96 bits per heavy atom. The van der Waals surface area contributed by atoms with Crippen molar-refractivity contribution in [1.82, 2.24) is 9.78 Å². The Labute approximate surface area is 155 Å². The summed E-state index contributed by atoms with van der Waals surface area (Å²) in [6.07, 6.45) is 0. The molecule has 1 amide bonds. The maximum absolute atomic E-state index is 12.5. The van der Waals surface area contributed by atoms with E-state index in [1.54, 1.807) is 18.2 Å². The van der Waals surface area contributed by atoms with Crippen LogP contribution in [-0.4, -0.2) is 15.7 Å². The van der Waals surface area contributed by atoms with E-state index in [2.05, 4.69) is 10.4 Å². The van der Waals surface area contributed by atoms with E-state index >= 15 is 0 Å². The molecule has 7 heteroatoms. The van der Waals surface area contributed by atoms with Crippen LogP contribution >= 0.6 is 11.6 Å². The number of rotatable bonds is 4. The van der Waals surface area contributed by atoms with Crippen molar-refractivity contribution >= 4 is 23.2 Å². The Balaban J connectivity index is 1.89. The highest BCUT2D eigenvalue weighted by Crippen LogP contribution is 2.32. The van der Waals surface area contributed by atoms with Gasteiger partial charge in [0.1, 0.15) is 11.4 Å². The standard InChI is InChI=1S/C19H16ClN3O3/c1-12-4-3-5-14(10-12)26-17-8-6-13(20)11-16(17)21-19(25)15-7-9-18(24)23(2)22-15/h3-11H,1-2H3,(H,21,25). The minimum Gasteiger partial charge on any atom is -0.455 e. The van der Waals surface area contributed by atoms with Crippen LogP contribution in [-0.2, 0) is 7.05 Å². The summed E-state index contributed by atoms with van der Waals surface area (Å²) in [6.45, 7) is 1.96. The molecular formula is C19H16ClN3O3. The predicted molar refractivity (Wildman–Crippen MR) is 100 cm³/mol. The van der Waals surface area contributed by atoms with Gasteiger partial charge >= 0.3 is 0 Å². The smallest absolute Gasteiger partial charge is 0.276 e. The number of hydrogen-bond acceptors (Lipinski definition) is 4. The number of nitrogens with one attached hydrogen (secondary N) is 1. The number of aromatic nitrogens is 2. The number of nitrogens with zero attached hydrogens (tertiary/aromatic N) is 2. The van der Waals surface area contributed by atoms with Crippen LogP contribution in [0.25, 0.3) is 0 Å². The molecule has 3 aromatic rings. The number of benzene rings is 2. The Morgan fingerprint density at radius 1 is 1.15 bits per heavy atom. The number of hydrogen-bond donors (Lipinski definition) is 1. The molecule has 0 spiro atoms. The molecule has 1 heterocycles. The first kappa shape index (κ1) is 17.7. The van der Waals surface area contributed by atoms with Crippen molar-refractivity contribution in [2.45, 2.75) is 6.92 Å². The van der Waals surface area contributed by atoms with Crippen LogP contribution in [0.5, 0.6) is 11.5 Å². The van der Waals surface area contributed by atoms with Gasteiger partial charge in [0.2, 0.25) is 0 Å². The summed E-state index contributed by atoms with van der Waals surface area (Å²) in [7, 11) is 1.48. The van der Waals surface area contributed by atoms with E-state index < -0.39 is 5.91 Å². The van der Waals surface area contributed by atoms with Crippen molar-refractivity contribution < 1.29 is 9.53 Å². The van der Waals surface area contributed by atoms with Gasteiger partial charge in [-0.2, -0.15) is 5.10 Å². The fourth-order valence-electron chi connectivity index (χ4n) is 2.30. The fraction of sp³-hybridized carbons (Fsp3) is 0.105. The van der Waals surface area contributed by atoms with E-state index in [4.69, 9.17) is 16.3 Å². The molecule has 0 saturated carbocycles. The second-order valence-corrected chi connectivity index (χ2v) is 6.13. The maximum Gasteiger partial charge on any atom is 0.276 e. The maximum atomic E-state index is 12.5. The Hall–Kier alpha value is -3.12. The van der Waals surface area contributed by atoms with Gasteiger partial charge in [0.15, 0.2) is 5.75 Å². The van der Waals surface area contributed by atoms with Gasteiger partial charge in [-0.15, -0.1) is 0 Å². The quantitative estimate of drug-likeness (QED) is 0.759. The average molecular weight is 370 g/mol. The summed E-state index contributed by atoms with van der Waals surface area (Å²) in [5.41, 5.74) is 1.26. The Kier molecular flexibility index (Phi) is 5.04. The molecule has 0 radical (unpaired) electrons. The molecule has 2 aromatic carbocycles. The van der Waals surface area contributed by atoms with Crippen molar-refractivity contribution in [3.63, 3.8) is 0 Å². The minimum atomic E-state index is -0.475. The summed E-state index contributed by atoms with van der Waals surface area (Å²) in [6, 6.07) is 15.1. The van der Waals surface area contributed by atoms with Crippen LogP contribution in [0.2, 0.25) is 5.02 Å². The molecule has 3 rings (SSSR count). The molecule has 0 aliphatic carbocycles. The zero-order chi connectivity index (χ0) is 18.7. The van der Waals surface area contributed by atoms with Gasteiger partial charge in [-0.05, 0) is 48.9 Å². The number of anilines is 1. The molecule has 0 bridgehead atoms. The van der Waals surface area contributed by atoms with E-state index in [9.17, 15) is 9.59 Å². The zero-order valence-electron chi connectivity index (χ0n) is 14.2. The van der Waals surface area contributed by atoms with Crippen molar-refractivity contribution in [3.05, 3.63) is 81.2 Å². The predicted octanol–water partition coefficient (Wildman–Crippen LogP) is 3.79. The van der Waals surface area contributed by atoms with E-state index in [1.807, 2.05) is 31.2 Å². The van der Waals surface area contributed by atoms with Crippen LogP contribution < -0.4 is 15.6 Å². The molecule has 0 aliphatic heterocycles. The highest BCUT2D eigenvalue weighted by molar-refractivity contribution is 6.31. The Bertz CT molecular complexity index is 1030. The molecule has 1 N–H and O–H groups in total. The number of aryl methyl sites for hydroxylation is 2. The van der Waals surface area contributed by atoms with Gasteiger partial charge in [0.05, 0.1) is 5.69 Å². The second kappa shape index (κ2) is 7.41. The molecule has 0 saturated heterocycles. The number of carbonyl (C=O) groups excluding carboxylic acids is 1. The third-order valence-corrected chi connectivity index (χ3v) is 3.84. The van der Waals surface area contributed by atoms with Gasteiger partial charge in [-0.1, -0.05) is 23.7 Å². The second-order valence-electron chi connectivity index (χ2n) is 5.69. The lowest BCUT2D eigenvalue weighted by Gasteiger charge is -2.13. The topological polar surface area (TPSA) is 73.2 Å². The monoisotopic (exact) mass is 369 g/mol. The van der Waals surface area contributed by atoms with Crippen molar-refractivity contribution in [3.8, 4) is 11.5 Å². The third kappa shape index (κ3) is 4.10.